The summed E-state index contributed by atoms with van der Waals surface area (Å²) in [5, 5.41) is 3.77. The third-order valence-electron chi connectivity index (χ3n) is 2.76. The third-order valence-corrected chi connectivity index (χ3v) is 4.47. The van der Waals surface area contributed by atoms with Crippen molar-refractivity contribution in [3.63, 3.8) is 0 Å². The van der Waals surface area contributed by atoms with Crippen molar-refractivity contribution >= 4 is 16.1 Å². The number of sulfone groups is 1. The standard InChI is InChI=1S/C9H11FN2O3S/c10-9-7(6-13)5-11-12(9)8-1-3-16(14,15)4-2-8/h5-6,8H,1-4H2. The average molecular weight is 246 g/mol. The van der Waals surface area contributed by atoms with Crippen LogP contribution < -0.4 is 0 Å². The van der Waals surface area contributed by atoms with E-state index in [2.05, 4.69) is 5.10 Å². The highest BCUT2D eigenvalue weighted by Crippen LogP contribution is 2.24. The van der Waals surface area contributed by atoms with E-state index < -0.39 is 15.8 Å². The zero-order valence-corrected chi connectivity index (χ0v) is 9.28. The first-order chi connectivity index (χ1) is 7.53. The molecule has 7 heteroatoms. The summed E-state index contributed by atoms with van der Waals surface area (Å²) in [6.07, 6.45) is 2.25. The van der Waals surface area contributed by atoms with E-state index in [0.717, 1.165) is 10.9 Å². The van der Waals surface area contributed by atoms with E-state index in [-0.39, 0.29) is 23.1 Å². The molecule has 0 bridgehead atoms. The summed E-state index contributed by atoms with van der Waals surface area (Å²) in [6, 6.07) is -0.266. The Hall–Kier alpha value is -1.24. The molecule has 88 valence electrons. The van der Waals surface area contributed by atoms with E-state index in [0.29, 0.717) is 19.1 Å². The molecule has 1 aliphatic heterocycles. The van der Waals surface area contributed by atoms with Crippen molar-refractivity contribution < 1.29 is 17.6 Å². The van der Waals surface area contributed by atoms with Gasteiger partial charge in [0.15, 0.2) is 6.29 Å². The number of hydrogen-bond acceptors (Lipinski definition) is 4. The van der Waals surface area contributed by atoms with Crippen LogP contribution in [-0.2, 0) is 9.84 Å². The molecule has 0 radical (unpaired) electrons. The zero-order valence-electron chi connectivity index (χ0n) is 8.47. The predicted molar refractivity (Wildman–Crippen MR) is 54.5 cm³/mol. The normalized spacial score (nSPS) is 20.8. The number of aldehydes is 1. The van der Waals surface area contributed by atoms with Crippen LogP contribution in [0.15, 0.2) is 6.20 Å². The lowest BCUT2D eigenvalue weighted by Crippen LogP contribution is -2.26. The third kappa shape index (κ3) is 1.99. The Kier molecular flexibility index (Phi) is 2.79. The van der Waals surface area contributed by atoms with Gasteiger partial charge >= 0.3 is 0 Å². The van der Waals surface area contributed by atoms with Gasteiger partial charge in [-0.3, -0.25) is 4.79 Å². The number of nitrogens with zero attached hydrogens (tertiary/aromatic N) is 2. The van der Waals surface area contributed by atoms with E-state index in [1.165, 1.54) is 0 Å². The van der Waals surface area contributed by atoms with Crippen molar-refractivity contribution in [3.8, 4) is 0 Å². The number of rotatable bonds is 2. The van der Waals surface area contributed by atoms with Gasteiger partial charge in [0.25, 0.3) is 0 Å². The van der Waals surface area contributed by atoms with Crippen LogP contribution in [-0.4, -0.2) is 36.0 Å². The molecule has 0 saturated carbocycles. The van der Waals surface area contributed by atoms with Crippen molar-refractivity contribution in [2.24, 2.45) is 0 Å². The van der Waals surface area contributed by atoms with Gasteiger partial charge in [-0.1, -0.05) is 0 Å². The molecule has 0 aliphatic carbocycles. The van der Waals surface area contributed by atoms with E-state index >= 15 is 0 Å². The lowest BCUT2D eigenvalue weighted by molar-refractivity contribution is 0.111. The summed E-state index contributed by atoms with van der Waals surface area (Å²) < 4.78 is 37.0. The number of halogens is 1. The molecule has 2 heterocycles. The fraction of sp³-hybridized carbons (Fsp3) is 0.556. The second-order valence-corrected chi connectivity index (χ2v) is 6.14. The van der Waals surface area contributed by atoms with Crippen LogP contribution in [0, 0.1) is 5.95 Å². The molecule has 2 rings (SSSR count). The summed E-state index contributed by atoms with van der Waals surface area (Å²) in [6.45, 7) is 0. The minimum Gasteiger partial charge on any atom is -0.298 e. The fourth-order valence-electron chi connectivity index (χ4n) is 1.82. The Labute approximate surface area is 92.2 Å². The molecule has 5 nitrogen and oxygen atoms in total. The lowest BCUT2D eigenvalue weighted by Gasteiger charge is -2.22. The van der Waals surface area contributed by atoms with Crippen LogP contribution in [0.4, 0.5) is 4.39 Å². The van der Waals surface area contributed by atoms with Crippen LogP contribution in [0.3, 0.4) is 0 Å². The summed E-state index contributed by atoms with van der Waals surface area (Å²) in [7, 11) is -2.97. The number of carbonyl (C=O) groups excluding carboxylic acids is 1. The molecule has 0 aromatic carbocycles. The van der Waals surface area contributed by atoms with Crippen LogP contribution in [0.5, 0.6) is 0 Å². The van der Waals surface area contributed by atoms with Crippen LogP contribution >= 0.6 is 0 Å². The molecular formula is C9H11FN2O3S. The van der Waals surface area contributed by atoms with Gasteiger partial charge < -0.3 is 0 Å². The van der Waals surface area contributed by atoms with Crippen molar-refractivity contribution in [1.82, 2.24) is 9.78 Å². The van der Waals surface area contributed by atoms with Crippen molar-refractivity contribution in [1.29, 1.82) is 0 Å². The van der Waals surface area contributed by atoms with Crippen LogP contribution in [0.2, 0.25) is 0 Å². The molecule has 1 aromatic heterocycles. The van der Waals surface area contributed by atoms with Crippen molar-refractivity contribution in [2.45, 2.75) is 18.9 Å². The number of carbonyl (C=O) groups is 1. The maximum absolute atomic E-state index is 13.5. The summed E-state index contributed by atoms with van der Waals surface area (Å²) >= 11 is 0. The molecule has 1 saturated heterocycles. The van der Waals surface area contributed by atoms with Gasteiger partial charge in [-0.2, -0.15) is 9.49 Å². The largest absolute Gasteiger partial charge is 0.298 e. The molecule has 0 amide bonds. The molecule has 1 fully saturated rings. The minimum atomic E-state index is -2.97. The highest BCUT2D eigenvalue weighted by molar-refractivity contribution is 7.91. The Bertz CT molecular complexity index is 495. The summed E-state index contributed by atoms with van der Waals surface area (Å²) in [5.74, 6) is -0.583. The molecule has 16 heavy (non-hydrogen) atoms. The van der Waals surface area contributed by atoms with Crippen molar-refractivity contribution in [2.75, 3.05) is 11.5 Å². The van der Waals surface area contributed by atoms with Gasteiger partial charge in [-0.05, 0) is 12.8 Å². The number of aromatic nitrogens is 2. The first-order valence-corrected chi connectivity index (χ1v) is 6.74. The first-order valence-electron chi connectivity index (χ1n) is 4.92. The van der Waals surface area contributed by atoms with E-state index in [1.807, 2.05) is 0 Å². The molecule has 0 unspecified atom stereocenters. The second-order valence-electron chi connectivity index (χ2n) is 3.84. The molecular weight excluding hydrogens is 235 g/mol. The Balaban J connectivity index is 2.20. The Morgan fingerprint density at radius 2 is 2.06 bits per heavy atom. The van der Waals surface area contributed by atoms with Crippen LogP contribution in [0.1, 0.15) is 29.2 Å². The topological polar surface area (TPSA) is 69.0 Å². The molecule has 0 N–H and O–H groups in total. The van der Waals surface area contributed by atoms with Gasteiger partial charge in [-0.25, -0.2) is 13.1 Å². The summed E-state index contributed by atoms with van der Waals surface area (Å²) in [5.41, 5.74) is -0.0894. The fourth-order valence-corrected chi connectivity index (χ4v) is 3.28. The van der Waals surface area contributed by atoms with Gasteiger partial charge in [-0.15, -0.1) is 0 Å². The summed E-state index contributed by atoms with van der Waals surface area (Å²) in [4.78, 5) is 10.4. The molecule has 0 atom stereocenters. The Morgan fingerprint density at radius 3 is 2.56 bits per heavy atom. The van der Waals surface area contributed by atoms with Crippen molar-refractivity contribution in [3.05, 3.63) is 17.7 Å². The SMILES string of the molecule is O=Cc1cnn(C2CCS(=O)(=O)CC2)c1F. The monoisotopic (exact) mass is 246 g/mol. The smallest absolute Gasteiger partial charge is 0.222 e. The van der Waals surface area contributed by atoms with Gasteiger partial charge in [0.1, 0.15) is 9.84 Å². The molecule has 1 aromatic rings. The quantitative estimate of drug-likeness (QED) is 0.716. The highest BCUT2D eigenvalue weighted by atomic mass is 32.2. The van der Waals surface area contributed by atoms with Crippen LogP contribution in [0.25, 0.3) is 0 Å². The van der Waals surface area contributed by atoms with Gasteiger partial charge in [0.05, 0.1) is 29.3 Å². The maximum atomic E-state index is 13.5. The van der Waals surface area contributed by atoms with Gasteiger partial charge in [0, 0.05) is 0 Å². The Morgan fingerprint density at radius 1 is 1.44 bits per heavy atom. The zero-order chi connectivity index (χ0) is 11.8. The highest BCUT2D eigenvalue weighted by Gasteiger charge is 2.27. The second kappa shape index (κ2) is 3.97. The number of hydrogen-bond donors (Lipinski definition) is 0. The van der Waals surface area contributed by atoms with E-state index in [1.54, 1.807) is 0 Å². The lowest BCUT2D eigenvalue weighted by atomic mass is 10.1. The first kappa shape index (κ1) is 11.3. The van der Waals surface area contributed by atoms with E-state index in [9.17, 15) is 17.6 Å². The minimum absolute atomic E-state index is 0.0490. The average Bonchev–Trinajstić information content (AvgIpc) is 2.60. The molecule has 0 spiro atoms. The van der Waals surface area contributed by atoms with Gasteiger partial charge in [0.2, 0.25) is 5.95 Å². The predicted octanol–water partition coefficient (Wildman–Crippen LogP) is 0.584. The van der Waals surface area contributed by atoms with E-state index in [4.69, 9.17) is 0 Å². The molecule has 1 aliphatic rings. The maximum Gasteiger partial charge on any atom is 0.222 e.